The minimum Gasteiger partial charge on any atom is -0.481 e. The number of amides is 2. The van der Waals surface area contributed by atoms with Crippen molar-refractivity contribution in [1.82, 2.24) is 10.3 Å². The van der Waals surface area contributed by atoms with E-state index in [1.54, 1.807) is 45.2 Å². The number of hydrogen-bond donors (Lipinski definition) is 2. The smallest absolute Gasteiger partial charge is 0.416 e. The number of carboxylic acids is 1. The molecule has 8 nitrogen and oxygen atoms in total. The van der Waals surface area contributed by atoms with Crippen molar-refractivity contribution in [2.75, 3.05) is 18.0 Å². The van der Waals surface area contributed by atoms with E-state index in [0.29, 0.717) is 12.2 Å². The number of allylic oxidation sites excluding steroid dienone is 1. The quantitative estimate of drug-likeness (QED) is 0.515. The summed E-state index contributed by atoms with van der Waals surface area (Å²) in [4.78, 5) is 42.3. The molecule has 2 aromatic rings. The van der Waals surface area contributed by atoms with E-state index in [2.05, 4.69) is 10.3 Å². The Kier molecular flexibility index (Phi) is 9.00. The Balaban J connectivity index is 1.58. The number of carbonyl (C=O) groups excluding carboxylic acids is 2. The summed E-state index contributed by atoms with van der Waals surface area (Å²) in [5, 5.41) is 12.3. The molecule has 1 unspecified atom stereocenters. The largest absolute Gasteiger partial charge is 0.481 e. The number of carboxylic acid groups (broad SMARTS) is 1. The summed E-state index contributed by atoms with van der Waals surface area (Å²) in [6, 6.07) is 13.0. The van der Waals surface area contributed by atoms with Crippen molar-refractivity contribution < 1.29 is 24.2 Å². The number of aromatic nitrogens is 1. The molecule has 1 atom stereocenters. The van der Waals surface area contributed by atoms with Crippen LogP contribution in [-0.4, -0.2) is 46.8 Å². The van der Waals surface area contributed by atoms with Crippen LogP contribution in [-0.2, 0) is 14.3 Å². The van der Waals surface area contributed by atoms with Crippen LogP contribution in [0.15, 0.2) is 66.4 Å². The van der Waals surface area contributed by atoms with Crippen LogP contribution >= 0.6 is 0 Å². The first-order valence-corrected chi connectivity index (χ1v) is 12.0. The standard InChI is InChI=1S/C28H33N3O5/c1-28(2,3)36-27(35)31(24-11-6-7-15-29-24)16-8-12-25(32)30-19-20-13-14-21-9-4-5-10-23(21)22(17-20)18-26(33)34/h4-7,9-11,13-15,17,22H,8,12,16,18-19H2,1-3H3,(H,30,32)(H,33,34). The van der Waals surface area contributed by atoms with Gasteiger partial charge in [0.1, 0.15) is 11.4 Å². The predicted octanol–water partition coefficient (Wildman–Crippen LogP) is 4.93. The van der Waals surface area contributed by atoms with E-state index >= 15 is 0 Å². The Bertz CT molecular complexity index is 1140. The van der Waals surface area contributed by atoms with Crippen LogP contribution in [0.1, 0.15) is 57.1 Å². The molecule has 0 saturated carbocycles. The summed E-state index contributed by atoms with van der Waals surface area (Å²) in [6.45, 7) is 5.95. The number of hydrogen-bond acceptors (Lipinski definition) is 5. The molecule has 0 saturated heterocycles. The van der Waals surface area contributed by atoms with Gasteiger partial charge in [-0.2, -0.15) is 0 Å². The number of fused-ring (bicyclic) bond motifs is 1. The number of pyridine rings is 1. The van der Waals surface area contributed by atoms with Gasteiger partial charge < -0.3 is 15.2 Å². The number of aliphatic carboxylic acids is 1. The first-order chi connectivity index (χ1) is 17.1. The highest BCUT2D eigenvalue weighted by molar-refractivity contribution is 5.86. The fourth-order valence-corrected chi connectivity index (χ4v) is 3.89. The normalized spacial score (nSPS) is 14.8. The number of nitrogens with one attached hydrogen (secondary N) is 1. The third kappa shape index (κ3) is 8.08. The fraction of sp³-hybridized carbons (Fsp3) is 0.357. The molecule has 1 aliphatic rings. The lowest BCUT2D eigenvalue weighted by Crippen LogP contribution is -2.38. The predicted molar refractivity (Wildman–Crippen MR) is 139 cm³/mol. The SMILES string of the molecule is CC(C)(C)OC(=O)N(CCCC(=O)NCC1=CC(CC(=O)O)c2ccccc2C=C1)c1ccccn1. The Hall–Kier alpha value is -3.94. The first kappa shape index (κ1) is 26.7. The summed E-state index contributed by atoms with van der Waals surface area (Å²) < 4.78 is 5.50. The van der Waals surface area contributed by atoms with Crippen molar-refractivity contribution in [1.29, 1.82) is 0 Å². The summed E-state index contributed by atoms with van der Waals surface area (Å²) in [6.07, 6.45) is 7.45. The Morgan fingerprint density at radius 2 is 1.83 bits per heavy atom. The van der Waals surface area contributed by atoms with Crippen molar-refractivity contribution in [2.45, 2.75) is 51.6 Å². The van der Waals surface area contributed by atoms with Crippen molar-refractivity contribution in [2.24, 2.45) is 0 Å². The maximum atomic E-state index is 12.7. The highest BCUT2D eigenvalue weighted by Gasteiger charge is 2.24. The van der Waals surface area contributed by atoms with Crippen molar-refractivity contribution in [3.8, 4) is 0 Å². The van der Waals surface area contributed by atoms with Crippen LogP contribution in [0.25, 0.3) is 6.08 Å². The molecule has 2 amide bonds. The van der Waals surface area contributed by atoms with E-state index in [4.69, 9.17) is 4.74 Å². The second-order valence-electron chi connectivity index (χ2n) is 9.61. The van der Waals surface area contributed by atoms with Crippen LogP contribution in [0.2, 0.25) is 0 Å². The highest BCUT2D eigenvalue weighted by atomic mass is 16.6. The molecule has 0 radical (unpaired) electrons. The number of anilines is 1. The van der Waals surface area contributed by atoms with Crippen LogP contribution in [0, 0.1) is 0 Å². The number of ether oxygens (including phenoxy) is 1. The monoisotopic (exact) mass is 491 g/mol. The highest BCUT2D eigenvalue weighted by Crippen LogP contribution is 2.30. The zero-order chi connectivity index (χ0) is 26.1. The maximum absolute atomic E-state index is 12.7. The lowest BCUT2D eigenvalue weighted by molar-refractivity contribution is -0.137. The van der Waals surface area contributed by atoms with Gasteiger partial charge in [-0.1, -0.05) is 48.6 Å². The molecule has 0 fully saturated rings. The lowest BCUT2D eigenvalue weighted by atomic mass is 9.91. The molecule has 1 aromatic carbocycles. The van der Waals surface area contributed by atoms with E-state index in [-0.39, 0.29) is 37.8 Å². The zero-order valence-corrected chi connectivity index (χ0v) is 20.9. The molecular weight excluding hydrogens is 458 g/mol. The van der Waals surface area contributed by atoms with Gasteiger partial charge in [0, 0.05) is 31.6 Å². The minimum absolute atomic E-state index is 0.0236. The third-order valence-corrected chi connectivity index (χ3v) is 5.50. The molecule has 3 rings (SSSR count). The van der Waals surface area contributed by atoms with Crippen molar-refractivity contribution in [3.63, 3.8) is 0 Å². The molecule has 1 aromatic heterocycles. The van der Waals surface area contributed by atoms with Gasteiger partial charge in [0.2, 0.25) is 5.91 Å². The van der Waals surface area contributed by atoms with E-state index in [1.165, 1.54) is 4.90 Å². The molecule has 0 aliphatic heterocycles. The lowest BCUT2D eigenvalue weighted by Gasteiger charge is -2.26. The molecule has 0 spiro atoms. The molecule has 8 heteroatoms. The molecule has 36 heavy (non-hydrogen) atoms. The maximum Gasteiger partial charge on any atom is 0.416 e. The summed E-state index contributed by atoms with van der Waals surface area (Å²) >= 11 is 0. The molecule has 1 aliphatic carbocycles. The second-order valence-corrected chi connectivity index (χ2v) is 9.61. The van der Waals surface area contributed by atoms with Crippen LogP contribution in [0.5, 0.6) is 0 Å². The van der Waals surface area contributed by atoms with Crippen LogP contribution in [0.3, 0.4) is 0 Å². The number of rotatable bonds is 9. The molecule has 1 heterocycles. The second kappa shape index (κ2) is 12.2. The van der Waals surface area contributed by atoms with Gasteiger partial charge in [0.05, 0.1) is 6.42 Å². The van der Waals surface area contributed by atoms with Crippen LogP contribution < -0.4 is 10.2 Å². The topological polar surface area (TPSA) is 109 Å². The van der Waals surface area contributed by atoms with Gasteiger partial charge >= 0.3 is 12.1 Å². The molecule has 2 N–H and O–H groups in total. The first-order valence-electron chi connectivity index (χ1n) is 12.0. The van der Waals surface area contributed by atoms with Gasteiger partial charge in [-0.05, 0) is 56.0 Å². The van der Waals surface area contributed by atoms with E-state index in [1.807, 2.05) is 42.5 Å². The Morgan fingerprint density at radius 1 is 1.08 bits per heavy atom. The van der Waals surface area contributed by atoms with Gasteiger partial charge in [-0.15, -0.1) is 0 Å². The van der Waals surface area contributed by atoms with E-state index in [0.717, 1.165) is 16.7 Å². The average Bonchev–Trinajstić information content (AvgIpc) is 2.99. The van der Waals surface area contributed by atoms with Crippen LogP contribution in [0.4, 0.5) is 10.6 Å². The minimum atomic E-state index is -0.876. The molecule has 190 valence electrons. The van der Waals surface area contributed by atoms with Gasteiger partial charge in [0.25, 0.3) is 0 Å². The summed E-state index contributed by atoms with van der Waals surface area (Å²) in [5.41, 5.74) is 2.11. The summed E-state index contributed by atoms with van der Waals surface area (Å²) in [5.74, 6) is -0.851. The number of benzene rings is 1. The average molecular weight is 492 g/mol. The van der Waals surface area contributed by atoms with Gasteiger partial charge in [-0.25, -0.2) is 9.78 Å². The Labute approximate surface area is 211 Å². The van der Waals surface area contributed by atoms with Gasteiger partial charge in [-0.3, -0.25) is 14.5 Å². The van der Waals surface area contributed by atoms with Crippen molar-refractivity contribution >= 4 is 29.9 Å². The number of nitrogens with zero attached hydrogens (tertiary/aromatic N) is 2. The van der Waals surface area contributed by atoms with E-state index in [9.17, 15) is 19.5 Å². The Morgan fingerprint density at radius 3 is 2.53 bits per heavy atom. The number of carbonyl (C=O) groups is 3. The fourth-order valence-electron chi connectivity index (χ4n) is 3.89. The molecule has 0 bridgehead atoms. The summed E-state index contributed by atoms with van der Waals surface area (Å²) in [7, 11) is 0. The van der Waals surface area contributed by atoms with Gasteiger partial charge in [0.15, 0.2) is 0 Å². The zero-order valence-electron chi connectivity index (χ0n) is 20.9. The van der Waals surface area contributed by atoms with Crippen molar-refractivity contribution in [3.05, 3.63) is 77.5 Å². The van der Waals surface area contributed by atoms with E-state index < -0.39 is 17.7 Å². The molecular formula is C28H33N3O5. The third-order valence-electron chi connectivity index (χ3n) is 5.50.